The third-order valence-corrected chi connectivity index (χ3v) is 6.79. The van der Waals surface area contributed by atoms with Gasteiger partial charge in [0.15, 0.2) is 5.17 Å². The van der Waals surface area contributed by atoms with Crippen molar-refractivity contribution in [3.8, 4) is 11.5 Å². The predicted molar refractivity (Wildman–Crippen MR) is 139 cm³/mol. The van der Waals surface area contributed by atoms with Crippen LogP contribution in [-0.4, -0.2) is 42.8 Å². The van der Waals surface area contributed by atoms with E-state index in [2.05, 4.69) is 10.3 Å². The van der Waals surface area contributed by atoms with Gasteiger partial charge in [-0.15, -0.1) is 0 Å². The van der Waals surface area contributed by atoms with Gasteiger partial charge in [0, 0.05) is 17.8 Å². The first-order valence-corrected chi connectivity index (χ1v) is 12.5. The molecular weight excluding hydrogens is 478 g/mol. The minimum absolute atomic E-state index is 0.122. The molecule has 0 bridgehead atoms. The standard InChI is InChI=1S/C27H29N3O5S/c1-5-35-26(32)24-17(2)29-27-30(25(24)21-14-20(33-3)11-12-22(21)34-4)19(16-36-27)13-23(31)28-15-18-9-7-6-8-10-18/h6-12,14,16,25H,5,13,15H2,1-4H3,(H,28,31)/t25-/m1/s1. The molecule has 0 saturated heterocycles. The Morgan fingerprint density at radius 1 is 1.11 bits per heavy atom. The molecule has 0 saturated carbocycles. The van der Waals surface area contributed by atoms with Gasteiger partial charge in [-0.05, 0) is 43.0 Å². The van der Waals surface area contributed by atoms with E-state index in [-0.39, 0.29) is 18.9 Å². The van der Waals surface area contributed by atoms with Gasteiger partial charge < -0.3 is 24.4 Å². The minimum Gasteiger partial charge on any atom is -0.497 e. The summed E-state index contributed by atoms with van der Waals surface area (Å²) in [5.74, 6) is 0.611. The Morgan fingerprint density at radius 3 is 2.58 bits per heavy atom. The Kier molecular flexibility index (Phi) is 8.00. The van der Waals surface area contributed by atoms with Crippen molar-refractivity contribution in [2.24, 2.45) is 4.99 Å². The SMILES string of the molecule is CCOC(=O)C1=C(C)N=C2SC=C(CC(=O)NCc3ccccc3)N2[C@@H]1c1cc(OC)ccc1OC. The number of amides is 1. The van der Waals surface area contributed by atoms with Gasteiger partial charge in [0.2, 0.25) is 5.91 Å². The molecule has 2 heterocycles. The highest BCUT2D eigenvalue weighted by molar-refractivity contribution is 8.16. The summed E-state index contributed by atoms with van der Waals surface area (Å²) in [7, 11) is 3.16. The van der Waals surface area contributed by atoms with Crippen molar-refractivity contribution in [3.63, 3.8) is 0 Å². The zero-order valence-electron chi connectivity index (χ0n) is 20.7. The second-order valence-electron chi connectivity index (χ2n) is 8.16. The van der Waals surface area contributed by atoms with Crippen LogP contribution in [-0.2, 0) is 20.9 Å². The molecule has 9 heteroatoms. The molecule has 36 heavy (non-hydrogen) atoms. The van der Waals surface area contributed by atoms with Gasteiger partial charge in [-0.1, -0.05) is 42.1 Å². The molecule has 2 aromatic rings. The number of aliphatic imine (C=N–C) groups is 1. The lowest BCUT2D eigenvalue weighted by atomic mass is 9.92. The van der Waals surface area contributed by atoms with Crippen molar-refractivity contribution in [2.75, 3.05) is 20.8 Å². The Balaban J connectivity index is 1.69. The van der Waals surface area contributed by atoms with E-state index < -0.39 is 12.0 Å². The monoisotopic (exact) mass is 507 g/mol. The van der Waals surface area contributed by atoms with Crippen LogP contribution in [0.4, 0.5) is 0 Å². The highest BCUT2D eigenvalue weighted by atomic mass is 32.2. The first kappa shape index (κ1) is 25.4. The molecule has 0 fully saturated rings. The van der Waals surface area contributed by atoms with Crippen molar-refractivity contribution >= 4 is 28.8 Å². The number of esters is 1. The van der Waals surface area contributed by atoms with E-state index in [9.17, 15) is 9.59 Å². The molecule has 1 atom stereocenters. The van der Waals surface area contributed by atoms with Crippen molar-refractivity contribution < 1.29 is 23.8 Å². The summed E-state index contributed by atoms with van der Waals surface area (Å²) in [5.41, 5.74) is 3.41. The predicted octanol–water partition coefficient (Wildman–Crippen LogP) is 4.55. The van der Waals surface area contributed by atoms with E-state index in [1.165, 1.54) is 11.8 Å². The maximum absolute atomic E-state index is 13.2. The van der Waals surface area contributed by atoms with Crippen LogP contribution >= 0.6 is 11.8 Å². The second-order valence-corrected chi connectivity index (χ2v) is 9.00. The quantitative estimate of drug-likeness (QED) is 0.498. The van der Waals surface area contributed by atoms with E-state index in [4.69, 9.17) is 14.2 Å². The fourth-order valence-corrected chi connectivity index (χ4v) is 5.17. The topological polar surface area (TPSA) is 89.5 Å². The molecule has 8 nitrogen and oxygen atoms in total. The van der Waals surface area contributed by atoms with Gasteiger partial charge in [-0.2, -0.15) is 0 Å². The van der Waals surface area contributed by atoms with Gasteiger partial charge in [0.05, 0.1) is 44.6 Å². The average Bonchev–Trinajstić information content (AvgIpc) is 3.28. The van der Waals surface area contributed by atoms with Crippen LogP contribution in [0.3, 0.4) is 0 Å². The van der Waals surface area contributed by atoms with E-state index in [1.54, 1.807) is 40.2 Å². The first-order valence-electron chi connectivity index (χ1n) is 11.6. The lowest BCUT2D eigenvalue weighted by Gasteiger charge is -2.36. The summed E-state index contributed by atoms with van der Waals surface area (Å²) in [6.07, 6.45) is 0.122. The highest BCUT2D eigenvalue weighted by Crippen LogP contribution is 2.47. The molecule has 4 rings (SSSR count). The minimum atomic E-state index is -0.607. The molecule has 1 amide bonds. The zero-order chi connectivity index (χ0) is 25.7. The van der Waals surface area contributed by atoms with Gasteiger partial charge in [-0.3, -0.25) is 4.79 Å². The number of ether oxygens (including phenoxy) is 3. The summed E-state index contributed by atoms with van der Waals surface area (Å²) in [6.45, 7) is 4.22. The van der Waals surface area contributed by atoms with Crippen LogP contribution in [0.25, 0.3) is 0 Å². The van der Waals surface area contributed by atoms with Crippen molar-refractivity contribution in [3.05, 3.63) is 82.0 Å². The Bertz CT molecular complexity index is 1240. The second kappa shape index (κ2) is 11.3. The number of amidine groups is 1. The number of carbonyl (C=O) groups is 2. The first-order chi connectivity index (χ1) is 17.5. The molecule has 2 aromatic carbocycles. The van der Waals surface area contributed by atoms with Gasteiger partial charge in [0.25, 0.3) is 0 Å². The van der Waals surface area contributed by atoms with E-state index >= 15 is 0 Å². The number of thioether (sulfide) groups is 1. The van der Waals surface area contributed by atoms with Crippen LogP contribution in [0.15, 0.2) is 75.9 Å². The van der Waals surface area contributed by atoms with Crippen molar-refractivity contribution in [1.82, 2.24) is 10.2 Å². The van der Waals surface area contributed by atoms with Crippen molar-refractivity contribution in [2.45, 2.75) is 32.9 Å². The number of hydrogen-bond acceptors (Lipinski definition) is 8. The van der Waals surface area contributed by atoms with Gasteiger partial charge in [-0.25, -0.2) is 9.79 Å². The number of rotatable bonds is 9. The summed E-state index contributed by atoms with van der Waals surface area (Å²) in [4.78, 5) is 32.7. The number of methoxy groups -OCH3 is 2. The molecule has 0 spiro atoms. The average molecular weight is 508 g/mol. The van der Waals surface area contributed by atoms with Crippen LogP contribution < -0.4 is 14.8 Å². The van der Waals surface area contributed by atoms with Crippen LogP contribution in [0.5, 0.6) is 11.5 Å². The maximum atomic E-state index is 13.2. The summed E-state index contributed by atoms with van der Waals surface area (Å²) >= 11 is 1.42. The summed E-state index contributed by atoms with van der Waals surface area (Å²) in [6, 6.07) is 14.6. The number of hydrogen-bond donors (Lipinski definition) is 1. The highest BCUT2D eigenvalue weighted by Gasteiger charge is 2.42. The summed E-state index contributed by atoms with van der Waals surface area (Å²) in [5, 5.41) is 5.56. The molecule has 0 aliphatic carbocycles. The number of allylic oxidation sites excluding steroid dienone is 1. The largest absolute Gasteiger partial charge is 0.497 e. The van der Waals surface area contributed by atoms with E-state index in [1.807, 2.05) is 46.7 Å². The number of benzene rings is 2. The molecule has 0 unspecified atom stereocenters. The molecular formula is C27H29N3O5S. The summed E-state index contributed by atoms with van der Waals surface area (Å²) < 4.78 is 16.6. The molecule has 2 aliphatic rings. The lowest BCUT2D eigenvalue weighted by molar-refractivity contribution is -0.139. The molecule has 2 aliphatic heterocycles. The number of nitrogens with one attached hydrogen (secondary N) is 1. The van der Waals surface area contributed by atoms with Crippen LogP contribution in [0.2, 0.25) is 0 Å². The molecule has 0 aromatic heterocycles. The van der Waals surface area contributed by atoms with Gasteiger partial charge >= 0.3 is 5.97 Å². The third-order valence-electron chi connectivity index (χ3n) is 5.90. The Morgan fingerprint density at radius 2 is 1.89 bits per heavy atom. The molecule has 188 valence electrons. The van der Waals surface area contributed by atoms with E-state index in [0.29, 0.717) is 40.0 Å². The Labute approximate surface area is 215 Å². The number of carbonyl (C=O) groups excluding carboxylic acids is 2. The fraction of sp³-hybridized carbons (Fsp3) is 0.296. The molecule has 0 radical (unpaired) electrons. The normalized spacial score (nSPS) is 16.7. The van der Waals surface area contributed by atoms with Crippen LogP contribution in [0.1, 0.15) is 37.4 Å². The number of fused-ring (bicyclic) bond motifs is 1. The number of nitrogens with zero attached hydrogens (tertiary/aromatic N) is 2. The fourth-order valence-electron chi connectivity index (χ4n) is 4.21. The lowest BCUT2D eigenvalue weighted by Crippen LogP contribution is -2.38. The third kappa shape index (κ3) is 5.26. The van der Waals surface area contributed by atoms with Gasteiger partial charge in [0.1, 0.15) is 11.5 Å². The zero-order valence-corrected chi connectivity index (χ0v) is 21.6. The molecule has 1 N–H and O–H groups in total. The maximum Gasteiger partial charge on any atom is 0.338 e. The van der Waals surface area contributed by atoms with E-state index in [0.717, 1.165) is 11.3 Å². The Hall–Kier alpha value is -3.72. The smallest absolute Gasteiger partial charge is 0.338 e. The van der Waals surface area contributed by atoms with Crippen LogP contribution in [0, 0.1) is 0 Å². The van der Waals surface area contributed by atoms with Crippen molar-refractivity contribution in [1.29, 1.82) is 0 Å².